The Labute approximate surface area is 122 Å². The number of hydrogen-bond acceptors (Lipinski definition) is 5. The lowest BCUT2D eigenvalue weighted by Crippen LogP contribution is -2.30. The van der Waals surface area contributed by atoms with Crippen molar-refractivity contribution in [1.82, 2.24) is 20.1 Å². The van der Waals surface area contributed by atoms with Gasteiger partial charge < -0.3 is 11.1 Å². The number of aromatic nitrogens is 3. The summed E-state index contributed by atoms with van der Waals surface area (Å²) in [6.07, 6.45) is 3.22. The average molecular weight is 293 g/mol. The number of anilines is 1. The predicted molar refractivity (Wildman–Crippen MR) is 79.6 cm³/mol. The second-order valence-electron chi connectivity index (χ2n) is 4.49. The van der Waals surface area contributed by atoms with E-state index in [-0.39, 0.29) is 11.9 Å². The van der Waals surface area contributed by atoms with Crippen molar-refractivity contribution >= 4 is 22.9 Å². The molecule has 7 heteroatoms. The van der Waals surface area contributed by atoms with Crippen molar-refractivity contribution in [1.29, 1.82) is 0 Å². The van der Waals surface area contributed by atoms with Crippen LogP contribution in [-0.4, -0.2) is 20.7 Å². The Morgan fingerprint density at radius 3 is 2.80 bits per heavy atom. The molecule has 1 amide bonds. The van der Waals surface area contributed by atoms with Crippen LogP contribution in [0.25, 0.3) is 0 Å². The number of amides is 1. The lowest BCUT2D eigenvalue weighted by atomic mass is 10.2. The van der Waals surface area contributed by atoms with Crippen molar-refractivity contribution in [3.63, 3.8) is 0 Å². The SMILES string of the molecule is CCc1nn(C)c(C(=O)NC(CC)c2nccs2)c1N. The highest BCUT2D eigenvalue weighted by Crippen LogP contribution is 2.21. The number of carbonyl (C=O) groups excluding carboxylic acids is 1. The minimum Gasteiger partial charge on any atom is -0.395 e. The van der Waals surface area contributed by atoms with E-state index in [1.807, 2.05) is 19.2 Å². The van der Waals surface area contributed by atoms with Crippen LogP contribution in [0.2, 0.25) is 0 Å². The molecule has 0 aliphatic rings. The number of nitrogens with two attached hydrogens (primary N) is 1. The molecule has 2 aromatic rings. The highest BCUT2D eigenvalue weighted by Gasteiger charge is 2.22. The van der Waals surface area contributed by atoms with Crippen LogP contribution < -0.4 is 11.1 Å². The van der Waals surface area contributed by atoms with E-state index in [0.29, 0.717) is 17.8 Å². The first kappa shape index (κ1) is 14.5. The van der Waals surface area contributed by atoms with Gasteiger partial charge in [0, 0.05) is 18.6 Å². The second kappa shape index (κ2) is 6.04. The number of thiazole rings is 1. The predicted octanol–water partition coefficient (Wildman–Crippen LogP) is 1.90. The first-order chi connectivity index (χ1) is 9.58. The van der Waals surface area contributed by atoms with Crippen LogP contribution in [-0.2, 0) is 13.5 Å². The van der Waals surface area contributed by atoms with Gasteiger partial charge in [0.2, 0.25) is 0 Å². The molecule has 6 nitrogen and oxygen atoms in total. The summed E-state index contributed by atoms with van der Waals surface area (Å²) in [5.41, 5.74) is 7.62. The van der Waals surface area contributed by atoms with Crippen LogP contribution >= 0.6 is 11.3 Å². The third-order valence-corrected chi connectivity index (χ3v) is 4.06. The summed E-state index contributed by atoms with van der Waals surface area (Å²) >= 11 is 1.53. The number of nitrogens with one attached hydrogen (secondary N) is 1. The Kier molecular flexibility index (Phi) is 4.39. The lowest BCUT2D eigenvalue weighted by Gasteiger charge is -2.14. The van der Waals surface area contributed by atoms with Gasteiger partial charge in [-0.3, -0.25) is 9.48 Å². The quantitative estimate of drug-likeness (QED) is 0.881. The minimum atomic E-state index is -0.209. The summed E-state index contributed by atoms with van der Waals surface area (Å²) in [5.74, 6) is -0.209. The summed E-state index contributed by atoms with van der Waals surface area (Å²) in [6, 6.07) is -0.0955. The molecular weight excluding hydrogens is 274 g/mol. The third kappa shape index (κ3) is 2.67. The van der Waals surface area contributed by atoms with Gasteiger partial charge in [0.25, 0.3) is 5.91 Å². The Morgan fingerprint density at radius 1 is 1.55 bits per heavy atom. The highest BCUT2D eigenvalue weighted by molar-refractivity contribution is 7.09. The zero-order valence-corrected chi connectivity index (χ0v) is 12.7. The second-order valence-corrected chi connectivity index (χ2v) is 5.42. The molecule has 3 N–H and O–H groups in total. The maximum atomic E-state index is 12.4. The molecular formula is C13H19N5OS. The van der Waals surface area contributed by atoms with Gasteiger partial charge >= 0.3 is 0 Å². The Morgan fingerprint density at radius 2 is 2.30 bits per heavy atom. The topological polar surface area (TPSA) is 85.8 Å². The Hall–Kier alpha value is -1.89. The zero-order valence-electron chi connectivity index (χ0n) is 11.9. The lowest BCUT2D eigenvalue weighted by molar-refractivity contribution is 0.0927. The molecule has 20 heavy (non-hydrogen) atoms. The van der Waals surface area contributed by atoms with E-state index < -0.39 is 0 Å². The highest BCUT2D eigenvalue weighted by atomic mass is 32.1. The van der Waals surface area contributed by atoms with Crippen LogP contribution in [0.15, 0.2) is 11.6 Å². The molecule has 0 aromatic carbocycles. The molecule has 108 valence electrons. The number of rotatable bonds is 5. The largest absolute Gasteiger partial charge is 0.395 e. The molecule has 0 spiro atoms. The van der Waals surface area contributed by atoms with Gasteiger partial charge in [0.1, 0.15) is 10.7 Å². The van der Waals surface area contributed by atoms with E-state index in [4.69, 9.17) is 5.73 Å². The van der Waals surface area contributed by atoms with Crippen LogP contribution in [0, 0.1) is 0 Å². The van der Waals surface area contributed by atoms with Gasteiger partial charge in [-0.1, -0.05) is 13.8 Å². The van der Waals surface area contributed by atoms with Crippen molar-refractivity contribution in [3.8, 4) is 0 Å². The number of nitrogens with zero attached hydrogens (tertiary/aromatic N) is 3. The fourth-order valence-corrected chi connectivity index (χ4v) is 2.87. The van der Waals surface area contributed by atoms with Crippen molar-refractivity contribution in [2.45, 2.75) is 32.7 Å². The minimum absolute atomic E-state index is 0.0955. The third-order valence-electron chi connectivity index (χ3n) is 3.17. The fraction of sp³-hybridized carbons (Fsp3) is 0.462. The van der Waals surface area contributed by atoms with Gasteiger partial charge in [-0.05, 0) is 12.8 Å². The molecule has 1 atom stereocenters. The molecule has 0 aliphatic carbocycles. The molecule has 1 unspecified atom stereocenters. The molecule has 2 heterocycles. The molecule has 0 saturated heterocycles. The zero-order chi connectivity index (χ0) is 14.7. The van der Waals surface area contributed by atoms with Crippen molar-refractivity contribution in [3.05, 3.63) is 28.0 Å². The van der Waals surface area contributed by atoms with E-state index in [9.17, 15) is 4.79 Å². The molecule has 0 bridgehead atoms. The van der Waals surface area contributed by atoms with Gasteiger partial charge in [-0.15, -0.1) is 11.3 Å². The van der Waals surface area contributed by atoms with Gasteiger partial charge in [-0.25, -0.2) is 4.98 Å². The normalized spacial score (nSPS) is 12.3. The first-order valence-corrected chi connectivity index (χ1v) is 7.48. The molecule has 0 saturated carbocycles. The summed E-state index contributed by atoms with van der Waals surface area (Å²) in [5, 5.41) is 10.0. The summed E-state index contributed by atoms with van der Waals surface area (Å²) < 4.78 is 1.54. The van der Waals surface area contributed by atoms with Gasteiger partial charge in [0.15, 0.2) is 0 Å². The number of aryl methyl sites for hydroxylation is 2. The maximum Gasteiger partial charge on any atom is 0.272 e. The number of hydrogen-bond donors (Lipinski definition) is 2. The van der Waals surface area contributed by atoms with Crippen molar-refractivity contribution in [2.24, 2.45) is 7.05 Å². The average Bonchev–Trinajstić information content (AvgIpc) is 3.04. The molecule has 0 radical (unpaired) electrons. The fourth-order valence-electron chi connectivity index (χ4n) is 2.10. The Balaban J connectivity index is 2.22. The smallest absolute Gasteiger partial charge is 0.272 e. The summed E-state index contributed by atoms with van der Waals surface area (Å²) in [7, 11) is 1.73. The van der Waals surface area contributed by atoms with Crippen LogP contribution in [0.5, 0.6) is 0 Å². The molecule has 0 aliphatic heterocycles. The van der Waals surface area contributed by atoms with E-state index >= 15 is 0 Å². The van der Waals surface area contributed by atoms with Gasteiger partial charge in [0.05, 0.1) is 17.4 Å². The van der Waals surface area contributed by atoms with Crippen LogP contribution in [0.3, 0.4) is 0 Å². The number of nitrogen functional groups attached to an aromatic ring is 1. The molecule has 2 rings (SSSR count). The Bertz CT molecular complexity index is 590. The van der Waals surface area contributed by atoms with E-state index in [0.717, 1.165) is 17.1 Å². The van der Waals surface area contributed by atoms with E-state index in [2.05, 4.69) is 15.4 Å². The monoisotopic (exact) mass is 293 g/mol. The van der Waals surface area contributed by atoms with Crippen molar-refractivity contribution < 1.29 is 4.79 Å². The summed E-state index contributed by atoms with van der Waals surface area (Å²) in [4.78, 5) is 16.7. The molecule has 2 aromatic heterocycles. The standard InChI is InChI=1S/C13H19N5OS/c1-4-8-10(14)11(18(3)17-8)12(19)16-9(5-2)13-15-6-7-20-13/h6-7,9H,4-5,14H2,1-3H3,(H,16,19). The summed E-state index contributed by atoms with van der Waals surface area (Å²) in [6.45, 7) is 3.97. The van der Waals surface area contributed by atoms with E-state index in [1.54, 1.807) is 13.2 Å². The van der Waals surface area contributed by atoms with Gasteiger partial charge in [-0.2, -0.15) is 5.10 Å². The molecule has 0 fully saturated rings. The maximum absolute atomic E-state index is 12.4. The van der Waals surface area contributed by atoms with E-state index in [1.165, 1.54) is 16.0 Å². The van der Waals surface area contributed by atoms with Crippen LogP contribution in [0.4, 0.5) is 5.69 Å². The van der Waals surface area contributed by atoms with Crippen molar-refractivity contribution in [2.75, 3.05) is 5.73 Å². The first-order valence-electron chi connectivity index (χ1n) is 6.60. The number of carbonyl (C=O) groups is 1. The van der Waals surface area contributed by atoms with Crippen LogP contribution in [0.1, 0.15) is 47.5 Å².